The number of rotatable bonds is 3. The van der Waals surface area contributed by atoms with Crippen molar-refractivity contribution in [3.63, 3.8) is 0 Å². The standard InChI is InChI=1S/C13H24N4O2/c1-16-13(18)19-7-10-8-3-5-11(14)12(17(2)15)6-4-9(8)10/h8-10H,3-7,14-15H2,1-2H3,(H,16,18)/b12-11-. The Bertz CT molecular complexity index is 381. The highest BCUT2D eigenvalue weighted by Crippen LogP contribution is 2.53. The van der Waals surface area contributed by atoms with Crippen molar-refractivity contribution in [3.05, 3.63) is 11.4 Å². The number of hydrazine groups is 1. The molecule has 1 saturated carbocycles. The fourth-order valence-corrected chi connectivity index (χ4v) is 3.21. The van der Waals surface area contributed by atoms with Gasteiger partial charge in [0.2, 0.25) is 0 Å². The summed E-state index contributed by atoms with van der Waals surface area (Å²) < 4.78 is 5.16. The van der Waals surface area contributed by atoms with Crippen molar-refractivity contribution in [1.82, 2.24) is 10.3 Å². The van der Waals surface area contributed by atoms with Gasteiger partial charge in [-0.05, 0) is 43.4 Å². The molecule has 0 spiro atoms. The summed E-state index contributed by atoms with van der Waals surface area (Å²) in [6.07, 6.45) is 3.59. The van der Waals surface area contributed by atoms with E-state index in [1.54, 1.807) is 12.1 Å². The summed E-state index contributed by atoms with van der Waals surface area (Å²) >= 11 is 0. The summed E-state index contributed by atoms with van der Waals surface area (Å²) in [5, 5.41) is 4.10. The van der Waals surface area contributed by atoms with Crippen LogP contribution in [-0.2, 0) is 4.74 Å². The van der Waals surface area contributed by atoms with Gasteiger partial charge in [0.05, 0.1) is 6.61 Å². The van der Waals surface area contributed by atoms with Crippen LogP contribution in [0.1, 0.15) is 25.7 Å². The molecule has 0 bridgehead atoms. The smallest absolute Gasteiger partial charge is 0.406 e. The van der Waals surface area contributed by atoms with E-state index in [1.165, 1.54) is 0 Å². The van der Waals surface area contributed by atoms with E-state index >= 15 is 0 Å². The summed E-state index contributed by atoms with van der Waals surface area (Å²) in [5.74, 6) is 7.59. The molecule has 5 N–H and O–H groups in total. The Morgan fingerprint density at radius 1 is 1.42 bits per heavy atom. The van der Waals surface area contributed by atoms with Crippen molar-refractivity contribution in [2.24, 2.45) is 29.3 Å². The van der Waals surface area contributed by atoms with Crippen LogP contribution in [0.2, 0.25) is 0 Å². The van der Waals surface area contributed by atoms with E-state index in [4.69, 9.17) is 16.3 Å². The molecule has 19 heavy (non-hydrogen) atoms. The predicted octanol–water partition coefficient (Wildman–Crippen LogP) is 0.754. The molecule has 1 amide bonds. The van der Waals surface area contributed by atoms with E-state index < -0.39 is 0 Å². The third-order valence-electron chi connectivity index (χ3n) is 4.38. The Morgan fingerprint density at radius 2 is 2.05 bits per heavy atom. The minimum atomic E-state index is -0.348. The topological polar surface area (TPSA) is 93.6 Å². The van der Waals surface area contributed by atoms with E-state index in [0.717, 1.165) is 37.1 Å². The normalized spacial score (nSPS) is 33.7. The van der Waals surface area contributed by atoms with E-state index in [-0.39, 0.29) is 6.09 Å². The molecule has 2 aliphatic carbocycles. The molecule has 0 aromatic rings. The second-order valence-electron chi connectivity index (χ2n) is 5.50. The zero-order valence-corrected chi connectivity index (χ0v) is 11.7. The largest absolute Gasteiger partial charge is 0.449 e. The molecule has 1 fully saturated rings. The van der Waals surface area contributed by atoms with Crippen molar-refractivity contribution in [2.75, 3.05) is 20.7 Å². The van der Waals surface area contributed by atoms with Gasteiger partial charge < -0.3 is 20.8 Å². The number of alkyl carbamates (subject to hydrolysis) is 1. The van der Waals surface area contributed by atoms with E-state index in [1.807, 2.05) is 7.05 Å². The van der Waals surface area contributed by atoms with Gasteiger partial charge in [-0.1, -0.05) is 0 Å². The third kappa shape index (κ3) is 3.12. The molecule has 108 valence electrons. The van der Waals surface area contributed by atoms with Crippen LogP contribution in [0.15, 0.2) is 11.4 Å². The number of ether oxygens (including phenoxy) is 1. The lowest BCUT2D eigenvalue weighted by molar-refractivity contribution is 0.139. The van der Waals surface area contributed by atoms with Crippen LogP contribution in [0.4, 0.5) is 4.79 Å². The number of nitrogens with two attached hydrogens (primary N) is 2. The first-order chi connectivity index (χ1) is 9.04. The summed E-state index contributed by atoms with van der Waals surface area (Å²) in [6, 6.07) is 0. The highest BCUT2D eigenvalue weighted by molar-refractivity contribution is 5.66. The lowest BCUT2D eigenvalue weighted by atomic mass is 10.0. The number of amides is 1. The molecule has 3 atom stereocenters. The Morgan fingerprint density at radius 3 is 2.63 bits per heavy atom. The molecule has 0 heterocycles. The number of carbonyl (C=O) groups excluding carboxylic acids is 1. The van der Waals surface area contributed by atoms with Gasteiger partial charge in [0.15, 0.2) is 0 Å². The average molecular weight is 268 g/mol. The molecule has 0 saturated heterocycles. The second-order valence-corrected chi connectivity index (χ2v) is 5.50. The number of nitrogens with zero attached hydrogens (tertiary/aromatic N) is 1. The fourth-order valence-electron chi connectivity index (χ4n) is 3.21. The first kappa shape index (κ1) is 14.0. The Labute approximate surface area is 114 Å². The SMILES string of the molecule is CNC(=O)OCC1C2CC/C(N)=C(/N(C)N)CCC21. The van der Waals surface area contributed by atoms with Gasteiger partial charge in [-0.15, -0.1) is 0 Å². The molecule has 0 radical (unpaired) electrons. The zero-order valence-electron chi connectivity index (χ0n) is 11.7. The number of carbonyl (C=O) groups is 1. The number of hydrogen-bond donors (Lipinski definition) is 3. The van der Waals surface area contributed by atoms with Crippen molar-refractivity contribution < 1.29 is 9.53 Å². The number of nitrogens with one attached hydrogen (secondary N) is 1. The van der Waals surface area contributed by atoms with Crippen molar-refractivity contribution >= 4 is 6.09 Å². The Kier molecular flexibility index (Phi) is 4.19. The highest BCUT2D eigenvalue weighted by Gasteiger charge is 2.50. The molecule has 0 aromatic heterocycles. The van der Waals surface area contributed by atoms with E-state index in [9.17, 15) is 4.79 Å². The van der Waals surface area contributed by atoms with Crippen LogP contribution >= 0.6 is 0 Å². The van der Waals surface area contributed by atoms with E-state index in [2.05, 4.69) is 5.32 Å². The van der Waals surface area contributed by atoms with Crippen LogP contribution in [0.5, 0.6) is 0 Å². The van der Waals surface area contributed by atoms with Gasteiger partial charge in [0.1, 0.15) is 0 Å². The highest BCUT2D eigenvalue weighted by atomic mass is 16.5. The average Bonchev–Trinajstić information content (AvgIpc) is 3.02. The molecular weight excluding hydrogens is 244 g/mol. The second kappa shape index (κ2) is 5.69. The van der Waals surface area contributed by atoms with Crippen molar-refractivity contribution in [3.8, 4) is 0 Å². The molecule has 3 unspecified atom stereocenters. The molecule has 0 aromatic carbocycles. The maximum absolute atomic E-state index is 11.1. The third-order valence-corrected chi connectivity index (χ3v) is 4.38. The summed E-state index contributed by atoms with van der Waals surface area (Å²) in [6.45, 7) is 0.517. The zero-order chi connectivity index (χ0) is 14.0. The van der Waals surface area contributed by atoms with Crippen molar-refractivity contribution in [2.45, 2.75) is 25.7 Å². The van der Waals surface area contributed by atoms with Crippen LogP contribution < -0.4 is 16.9 Å². The Balaban J connectivity index is 1.87. The summed E-state index contributed by atoms with van der Waals surface area (Å²) in [5.41, 5.74) is 8.04. The maximum atomic E-state index is 11.1. The molecule has 6 nitrogen and oxygen atoms in total. The van der Waals surface area contributed by atoms with Gasteiger partial charge in [0.25, 0.3) is 0 Å². The lowest BCUT2D eigenvalue weighted by Crippen LogP contribution is -2.28. The van der Waals surface area contributed by atoms with Gasteiger partial charge in [-0.3, -0.25) is 0 Å². The molecule has 2 aliphatic rings. The van der Waals surface area contributed by atoms with Gasteiger partial charge >= 0.3 is 6.09 Å². The van der Waals surface area contributed by atoms with Crippen LogP contribution in [0.25, 0.3) is 0 Å². The van der Waals surface area contributed by atoms with Crippen LogP contribution in [0.3, 0.4) is 0 Å². The first-order valence-electron chi connectivity index (χ1n) is 6.85. The van der Waals surface area contributed by atoms with Crippen molar-refractivity contribution in [1.29, 1.82) is 0 Å². The minimum absolute atomic E-state index is 0.348. The van der Waals surface area contributed by atoms with Gasteiger partial charge in [-0.25, -0.2) is 10.6 Å². The Hall–Kier alpha value is -1.43. The summed E-state index contributed by atoms with van der Waals surface area (Å²) in [4.78, 5) is 11.1. The maximum Gasteiger partial charge on any atom is 0.406 e. The van der Waals surface area contributed by atoms with Gasteiger partial charge in [0, 0.05) is 25.5 Å². The number of hydrogen-bond acceptors (Lipinski definition) is 5. The molecular formula is C13H24N4O2. The number of fused-ring (bicyclic) bond motifs is 1. The first-order valence-corrected chi connectivity index (χ1v) is 6.85. The molecule has 0 aliphatic heterocycles. The van der Waals surface area contributed by atoms with Crippen LogP contribution in [-0.4, -0.2) is 31.8 Å². The quantitative estimate of drug-likeness (QED) is 0.519. The fraction of sp³-hybridized carbons (Fsp3) is 0.769. The van der Waals surface area contributed by atoms with Crippen LogP contribution in [0, 0.1) is 17.8 Å². The molecule has 6 heteroatoms. The molecule has 2 rings (SSSR count). The predicted molar refractivity (Wildman–Crippen MR) is 72.5 cm³/mol. The number of allylic oxidation sites excluding steroid dienone is 2. The monoisotopic (exact) mass is 268 g/mol. The minimum Gasteiger partial charge on any atom is -0.449 e. The van der Waals surface area contributed by atoms with E-state index in [0.29, 0.717) is 24.4 Å². The summed E-state index contributed by atoms with van der Waals surface area (Å²) in [7, 11) is 3.41. The lowest BCUT2D eigenvalue weighted by Gasteiger charge is -2.21. The van der Waals surface area contributed by atoms with Gasteiger partial charge in [-0.2, -0.15) is 0 Å².